The lowest BCUT2D eigenvalue weighted by atomic mass is 10.1. The molecule has 25 heavy (non-hydrogen) atoms. The van der Waals surface area contributed by atoms with Gasteiger partial charge in [0, 0.05) is 6.08 Å². The van der Waals surface area contributed by atoms with Crippen molar-refractivity contribution in [3.05, 3.63) is 60.8 Å². The number of carbonyl (C=O) groups excluding carboxylic acids is 1. The fraction of sp³-hybridized carbons (Fsp3) is 0.522. The summed E-state index contributed by atoms with van der Waals surface area (Å²) in [6, 6.07) is 0. The molecule has 0 aromatic carbocycles. The Morgan fingerprint density at radius 2 is 1.24 bits per heavy atom. The second kappa shape index (κ2) is 20.2. The van der Waals surface area contributed by atoms with Crippen LogP contribution in [0.4, 0.5) is 0 Å². The molecule has 0 rings (SSSR count). The van der Waals surface area contributed by atoms with Crippen LogP contribution in [0, 0.1) is 0 Å². The Balaban J connectivity index is 3.59. The summed E-state index contributed by atoms with van der Waals surface area (Å²) in [4.78, 5) is 11.2. The summed E-state index contributed by atoms with van der Waals surface area (Å²) in [7, 11) is 0. The Hall–Kier alpha value is -1.83. The standard InChI is InChI=1S/C23H36O2/c1-3-5-6-7-8-9-10-11-12-13-14-15-16-17-18-19-20-21-23(24)25-22-4-2/h12-21H,3-11,22H2,1-2H3. The van der Waals surface area contributed by atoms with E-state index in [4.69, 9.17) is 4.74 Å². The molecule has 0 fully saturated rings. The lowest BCUT2D eigenvalue weighted by molar-refractivity contribution is -0.137. The molecule has 0 spiro atoms. The van der Waals surface area contributed by atoms with E-state index in [1.54, 1.807) is 6.08 Å². The number of carbonyl (C=O) groups is 1. The van der Waals surface area contributed by atoms with Crippen molar-refractivity contribution in [3.8, 4) is 0 Å². The summed E-state index contributed by atoms with van der Waals surface area (Å²) in [6.45, 7) is 4.71. The van der Waals surface area contributed by atoms with Crippen molar-refractivity contribution in [1.29, 1.82) is 0 Å². The van der Waals surface area contributed by atoms with Gasteiger partial charge in [0.1, 0.15) is 0 Å². The van der Waals surface area contributed by atoms with E-state index < -0.39 is 0 Å². The Kier molecular flexibility index (Phi) is 18.7. The summed E-state index contributed by atoms with van der Waals surface area (Å²) in [6.07, 6.45) is 30.6. The van der Waals surface area contributed by atoms with Crippen molar-refractivity contribution < 1.29 is 9.53 Å². The van der Waals surface area contributed by atoms with Gasteiger partial charge in [0.05, 0.1) is 6.61 Å². The molecule has 140 valence electrons. The van der Waals surface area contributed by atoms with Crippen LogP contribution in [0.2, 0.25) is 0 Å². The van der Waals surface area contributed by atoms with Crippen LogP contribution in [-0.2, 0) is 9.53 Å². The molecule has 0 saturated carbocycles. The van der Waals surface area contributed by atoms with Crippen molar-refractivity contribution in [2.24, 2.45) is 0 Å². The van der Waals surface area contributed by atoms with Gasteiger partial charge in [0.2, 0.25) is 0 Å². The minimum absolute atomic E-state index is 0.290. The molecule has 0 aliphatic rings. The SMILES string of the molecule is CCCCCCCCCC=CC=CC=CC=CC=CC(=O)OCCC. The zero-order valence-electron chi connectivity index (χ0n) is 16.2. The van der Waals surface area contributed by atoms with Gasteiger partial charge in [-0.2, -0.15) is 0 Å². The fourth-order valence-corrected chi connectivity index (χ4v) is 2.16. The topological polar surface area (TPSA) is 26.3 Å². The highest BCUT2D eigenvalue weighted by Crippen LogP contribution is 2.08. The molecule has 0 heterocycles. The summed E-state index contributed by atoms with van der Waals surface area (Å²) in [5.74, 6) is -0.290. The molecule has 0 aliphatic carbocycles. The normalized spacial score (nSPS) is 12.6. The summed E-state index contributed by atoms with van der Waals surface area (Å²) in [5, 5.41) is 0. The molecule has 0 amide bonds. The Morgan fingerprint density at radius 1 is 0.680 bits per heavy atom. The minimum Gasteiger partial charge on any atom is -0.463 e. The largest absolute Gasteiger partial charge is 0.463 e. The van der Waals surface area contributed by atoms with Crippen molar-refractivity contribution in [2.75, 3.05) is 6.61 Å². The summed E-state index contributed by atoms with van der Waals surface area (Å²) < 4.78 is 4.92. The Morgan fingerprint density at radius 3 is 1.88 bits per heavy atom. The van der Waals surface area contributed by atoms with Gasteiger partial charge in [-0.15, -0.1) is 0 Å². The van der Waals surface area contributed by atoms with E-state index >= 15 is 0 Å². The highest BCUT2D eigenvalue weighted by Gasteiger charge is 1.91. The van der Waals surface area contributed by atoms with Crippen LogP contribution in [0.5, 0.6) is 0 Å². The monoisotopic (exact) mass is 344 g/mol. The third kappa shape index (κ3) is 20.1. The molecule has 2 nitrogen and oxygen atoms in total. The maximum absolute atomic E-state index is 11.2. The van der Waals surface area contributed by atoms with Crippen molar-refractivity contribution >= 4 is 5.97 Å². The van der Waals surface area contributed by atoms with Crippen LogP contribution < -0.4 is 0 Å². The molecule has 0 atom stereocenters. The van der Waals surface area contributed by atoms with E-state index in [2.05, 4.69) is 19.1 Å². The van der Waals surface area contributed by atoms with Crippen molar-refractivity contribution in [2.45, 2.75) is 71.6 Å². The summed E-state index contributed by atoms with van der Waals surface area (Å²) >= 11 is 0. The number of rotatable bonds is 15. The maximum Gasteiger partial charge on any atom is 0.330 e. The van der Waals surface area contributed by atoms with Gasteiger partial charge in [-0.3, -0.25) is 0 Å². The number of allylic oxidation sites excluding steroid dienone is 9. The van der Waals surface area contributed by atoms with E-state index in [9.17, 15) is 4.79 Å². The molecule has 0 aromatic rings. The number of hydrogen-bond donors (Lipinski definition) is 0. The number of unbranched alkanes of at least 4 members (excludes halogenated alkanes) is 7. The molecular weight excluding hydrogens is 308 g/mol. The first kappa shape index (κ1) is 23.2. The van der Waals surface area contributed by atoms with Crippen LogP contribution in [0.3, 0.4) is 0 Å². The van der Waals surface area contributed by atoms with Gasteiger partial charge in [0.15, 0.2) is 0 Å². The molecular formula is C23H36O2. The predicted molar refractivity (Wildman–Crippen MR) is 110 cm³/mol. The van der Waals surface area contributed by atoms with E-state index in [0.717, 1.165) is 6.42 Å². The Bertz CT molecular complexity index is 439. The smallest absolute Gasteiger partial charge is 0.330 e. The molecule has 0 radical (unpaired) electrons. The van der Waals surface area contributed by atoms with Gasteiger partial charge in [-0.05, 0) is 19.3 Å². The van der Waals surface area contributed by atoms with E-state index in [1.807, 2.05) is 43.4 Å². The summed E-state index contributed by atoms with van der Waals surface area (Å²) in [5.41, 5.74) is 0. The average Bonchev–Trinajstić information content (AvgIpc) is 2.62. The van der Waals surface area contributed by atoms with Gasteiger partial charge < -0.3 is 4.74 Å². The second-order valence-corrected chi connectivity index (χ2v) is 6.02. The molecule has 0 bridgehead atoms. The molecule has 0 aromatic heterocycles. The van der Waals surface area contributed by atoms with Gasteiger partial charge in [-0.25, -0.2) is 4.79 Å². The average molecular weight is 345 g/mol. The lowest BCUT2D eigenvalue weighted by Gasteiger charge is -1.98. The first-order chi connectivity index (χ1) is 12.3. The number of ether oxygens (including phenoxy) is 1. The molecule has 0 aliphatic heterocycles. The van der Waals surface area contributed by atoms with E-state index in [-0.39, 0.29) is 5.97 Å². The number of esters is 1. The zero-order chi connectivity index (χ0) is 18.4. The maximum atomic E-state index is 11.2. The van der Waals surface area contributed by atoms with Crippen molar-refractivity contribution in [1.82, 2.24) is 0 Å². The van der Waals surface area contributed by atoms with E-state index in [0.29, 0.717) is 6.61 Å². The predicted octanol–water partition coefficient (Wildman–Crippen LogP) is 6.86. The van der Waals surface area contributed by atoms with E-state index in [1.165, 1.54) is 57.4 Å². The van der Waals surface area contributed by atoms with Crippen LogP contribution in [0.25, 0.3) is 0 Å². The van der Waals surface area contributed by atoms with Crippen molar-refractivity contribution in [3.63, 3.8) is 0 Å². The van der Waals surface area contributed by atoms with Crippen LogP contribution in [0.1, 0.15) is 71.6 Å². The highest BCUT2D eigenvalue weighted by molar-refractivity contribution is 5.82. The molecule has 0 unspecified atom stereocenters. The zero-order valence-corrected chi connectivity index (χ0v) is 16.2. The number of hydrogen-bond acceptors (Lipinski definition) is 2. The first-order valence-electron chi connectivity index (χ1n) is 9.81. The van der Waals surface area contributed by atoms with Crippen LogP contribution >= 0.6 is 0 Å². The lowest BCUT2D eigenvalue weighted by Crippen LogP contribution is -2.00. The van der Waals surface area contributed by atoms with Crippen LogP contribution in [-0.4, -0.2) is 12.6 Å². The first-order valence-corrected chi connectivity index (χ1v) is 9.81. The fourth-order valence-electron chi connectivity index (χ4n) is 2.16. The molecule has 0 N–H and O–H groups in total. The Labute approximate surface area is 155 Å². The molecule has 2 heteroatoms. The highest BCUT2D eigenvalue weighted by atomic mass is 16.5. The van der Waals surface area contributed by atoms with Gasteiger partial charge in [0.25, 0.3) is 0 Å². The second-order valence-electron chi connectivity index (χ2n) is 6.02. The third-order valence-electron chi connectivity index (χ3n) is 3.57. The van der Waals surface area contributed by atoms with Crippen LogP contribution in [0.15, 0.2) is 60.8 Å². The third-order valence-corrected chi connectivity index (χ3v) is 3.57. The quantitative estimate of drug-likeness (QED) is 0.140. The van der Waals surface area contributed by atoms with Gasteiger partial charge >= 0.3 is 5.97 Å². The molecule has 0 saturated heterocycles. The minimum atomic E-state index is -0.290. The van der Waals surface area contributed by atoms with Gasteiger partial charge in [-0.1, -0.05) is 107 Å².